The summed E-state index contributed by atoms with van der Waals surface area (Å²) in [6.07, 6.45) is -0.357. The van der Waals surface area contributed by atoms with Crippen LogP contribution in [-0.2, 0) is 26.1 Å². The molecule has 1 aromatic heterocycles. The van der Waals surface area contributed by atoms with Crippen LogP contribution in [-0.4, -0.2) is 36.8 Å². The molecule has 4 rings (SSSR count). The van der Waals surface area contributed by atoms with Crippen molar-refractivity contribution < 1.29 is 27.5 Å². The lowest BCUT2D eigenvalue weighted by Crippen LogP contribution is -2.33. The molecule has 29 heavy (non-hydrogen) atoms. The van der Waals surface area contributed by atoms with Gasteiger partial charge in [-0.05, 0) is 56.2 Å². The standard InChI is InChI=1S/C20H26N4O4S/c1-12(2)21-20(25)28-17-6-4-13(8-17)18-9-19(24-23-18)22-16-5-3-14-10-29(26,27)11-15(14)7-16/h3,5,7,9,12-13,17H,4,6,8,10-11H2,1-2H3,(H,21,25)(H2,22,23,24)/t13-,17+/m1/s1/i1D3,2D3,12D. The van der Waals surface area contributed by atoms with Crippen molar-refractivity contribution in [2.45, 2.75) is 62.5 Å². The van der Waals surface area contributed by atoms with E-state index in [2.05, 4.69) is 15.5 Å². The smallest absolute Gasteiger partial charge is 0.407 e. The third-order valence-corrected chi connectivity index (χ3v) is 6.65. The van der Waals surface area contributed by atoms with Gasteiger partial charge in [0.2, 0.25) is 0 Å². The monoisotopic (exact) mass is 425 g/mol. The lowest BCUT2D eigenvalue weighted by molar-refractivity contribution is 0.0981. The van der Waals surface area contributed by atoms with Crippen LogP contribution in [0.25, 0.3) is 0 Å². The number of carbonyl (C=O) groups is 1. The van der Waals surface area contributed by atoms with Gasteiger partial charge in [-0.2, -0.15) is 5.10 Å². The minimum atomic E-state index is -3.29. The molecule has 2 atom stereocenters. The lowest BCUT2D eigenvalue weighted by Gasteiger charge is -2.14. The third-order valence-electron chi connectivity index (χ3n) is 5.15. The van der Waals surface area contributed by atoms with Gasteiger partial charge in [-0.25, -0.2) is 13.2 Å². The van der Waals surface area contributed by atoms with Crippen LogP contribution in [0.4, 0.5) is 16.3 Å². The zero-order valence-corrected chi connectivity index (χ0v) is 16.3. The maximum absolute atomic E-state index is 12.3. The molecule has 2 aliphatic rings. The maximum atomic E-state index is 12.3. The Morgan fingerprint density at radius 3 is 2.97 bits per heavy atom. The fraction of sp³-hybridized carbons (Fsp3) is 0.500. The molecule has 0 unspecified atom stereocenters. The molecule has 3 N–H and O–H groups in total. The second kappa shape index (κ2) is 7.70. The van der Waals surface area contributed by atoms with Gasteiger partial charge in [0.1, 0.15) is 6.10 Å². The number of rotatable bonds is 5. The van der Waals surface area contributed by atoms with Crippen LogP contribution < -0.4 is 10.6 Å². The van der Waals surface area contributed by atoms with Crippen molar-refractivity contribution >= 4 is 27.4 Å². The minimum Gasteiger partial charge on any atom is -0.446 e. The van der Waals surface area contributed by atoms with E-state index < -0.39 is 41.8 Å². The van der Waals surface area contributed by atoms with E-state index in [0.29, 0.717) is 30.8 Å². The van der Waals surface area contributed by atoms with Crippen molar-refractivity contribution in [2.75, 3.05) is 5.32 Å². The number of ether oxygens (including phenoxy) is 1. The second-order valence-electron chi connectivity index (χ2n) is 7.39. The quantitative estimate of drug-likeness (QED) is 0.677. The van der Waals surface area contributed by atoms with Crippen LogP contribution in [0.3, 0.4) is 0 Å². The van der Waals surface area contributed by atoms with Crippen LogP contribution >= 0.6 is 0 Å². The summed E-state index contributed by atoms with van der Waals surface area (Å²) >= 11 is 0. The summed E-state index contributed by atoms with van der Waals surface area (Å²) < 4.78 is 81.0. The highest BCUT2D eigenvalue weighted by atomic mass is 32.2. The molecule has 0 bridgehead atoms. The Hall–Kier alpha value is -2.55. The van der Waals surface area contributed by atoms with E-state index in [0.717, 1.165) is 16.8 Å². The van der Waals surface area contributed by atoms with Crippen LogP contribution in [0.2, 0.25) is 0 Å². The van der Waals surface area contributed by atoms with Gasteiger partial charge in [0.15, 0.2) is 15.7 Å². The van der Waals surface area contributed by atoms with Crippen LogP contribution in [0.1, 0.15) is 65.3 Å². The average molecular weight is 426 g/mol. The highest BCUT2D eigenvalue weighted by molar-refractivity contribution is 7.90. The topological polar surface area (TPSA) is 113 Å². The highest BCUT2D eigenvalue weighted by Crippen LogP contribution is 2.36. The fourth-order valence-corrected chi connectivity index (χ4v) is 5.47. The first-order valence-electron chi connectivity index (χ1n) is 12.7. The molecular formula is C20H26N4O4S. The molecule has 0 saturated heterocycles. The summed E-state index contributed by atoms with van der Waals surface area (Å²) in [4.78, 5) is 12.3. The van der Waals surface area contributed by atoms with E-state index in [-0.39, 0.29) is 17.4 Å². The summed E-state index contributed by atoms with van der Waals surface area (Å²) in [5.41, 5.74) is 3.05. The molecular weight excluding hydrogens is 392 g/mol. The summed E-state index contributed by atoms with van der Waals surface area (Å²) in [5.74, 6) is 0.554. The molecule has 9 heteroatoms. The number of amides is 1. The van der Waals surface area contributed by atoms with Crippen molar-refractivity contribution in [1.82, 2.24) is 15.5 Å². The van der Waals surface area contributed by atoms with Crippen LogP contribution in [0.15, 0.2) is 24.3 Å². The Bertz CT molecular complexity index is 1250. The Morgan fingerprint density at radius 2 is 2.14 bits per heavy atom. The van der Waals surface area contributed by atoms with Crippen molar-refractivity contribution in [2.24, 2.45) is 0 Å². The average Bonchev–Trinajstić information content (AvgIpc) is 3.43. The zero-order valence-electron chi connectivity index (χ0n) is 22.5. The van der Waals surface area contributed by atoms with Crippen molar-refractivity contribution in [1.29, 1.82) is 0 Å². The van der Waals surface area contributed by atoms with Gasteiger partial charge in [0, 0.05) is 37.6 Å². The van der Waals surface area contributed by atoms with E-state index in [4.69, 9.17) is 14.3 Å². The third kappa shape index (κ3) is 4.72. The number of alkyl carbamates (subject to hydrolysis) is 1. The lowest BCUT2D eigenvalue weighted by atomic mass is 10.0. The number of fused-ring (bicyclic) bond motifs is 1. The molecule has 1 amide bonds. The molecule has 1 aromatic carbocycles. The largest absolute Gasteiger partial charge is 0.446 e. The molecule has 156 valence electrons. The van der Waals surface area contributed by atoms with Gasteiger partial charge in [-0.3, -0.25) is 5.10 Å². The number of benzene rings is 1. The molecule has 8 nitrogen and oxygen atoms in total. The van der Waals surface area contributed by atoms with E-state index >= 15 is 0 Å². The number of hydrogen-bond acceptors (Lipinski definition) is 6. The number of H-pyrrole nitrogens is 1. The molecule has 2 heterocycles. The number of sulfone groups is 1. The minimum absolute atomic E-state index is 0.0147. The zero-order chi connectivity index (χ0) is 26.5. The summed E-state index contributed by atoms with van der Waals surface area (Å²) in [6, 6.07) is 3.97. The van der Waals surface area contributed by atoms with Crippen LogP contribution in [0.5, 0.6) is 0 Å². The Balaban J connectivity index is 1.34. The van der Waals surface area contributed by atoms with Gasteiger partial charge in [0.05, 0.1) is 12.9 Å². The predicted molar refractivity (Wildman–Crippen MR) is 110 cm³/mol. The van der Waals surface area contributed by atoms with Gasteiger partial charge in [0.25, 0.3) is 0 Å². The van der Waals surface area contributed by atoms with E-state index in [1.165, 1.54) is 0 Å². The number of aromatic amines is 1. The van der Waals surface area contributed by atoms with Gasteiger partial charge in [-0.15, -0.1) is 0 Å². The molecule has 1 aliphatic heterocycles. The van der Waals surface area contributed by atoms with Gasteiger partial charge < -0.3 is 15.4 Å². The van der Waals surface area contributed by atoms with Crippen LogP contribution in [0, 0.1) is 0 Å². The van der Waals surface area contributed by atoms with Gasteiger partial charge >= 0.3 is 6.09 Å². The molecule has 1 saturated carbocycles. The number of nitrogens with one attached hydrogen (secondary N) is 3. The van der Waals surface area contributed by atoms with E-state index in [9.17, 15) is 13.2 Å². The number of aromatic nitrogens is 2. The second-order valence-corrected chi connectivity index (χ2v) is 9.45. The molecule has 1 aliphatic carbocycles. The first kappa shape index (κ1) is 12.9. The Kier molecular flexibility index (Phi) is 3.42. The fourth-order valence-electron chi connectivity index (χ4n) is 3.87. The van der Waals surface area contributed by atoms with E-state index in [1.807, 2.05) is 0 Å². The predicted octanol–water partition coefficient (Wildman–Crippen LogP) is 3.35. The Morgan fingerprint density at radius 1 is 1.31 bits per heavy atom. The normalized spacial score (nSPS) is 27.2. The first-order valence-corrected chi connectivity index (χ1v) is 11.0. The van der Waals surface area contributed by atoms with Gasteiger partial charge in [-0.1, -0.05) is 6.07 Å². The summed E-state index contributed by atoms with van der Waals surface area (Å²) in [5, 5.41) is 12.0. The summed E-state index contributed by atoms with van der Waals surface area (Å²) in [7, 11) is -3.10. The van der Waals surface area contributed by atoms with Crippen molar-refractivity contribution in [3.05, 3.63) is 41.1 Å². The number of nitrogens with zero attached hydrogens (tertiary/aromatic N) is 1. The number of hydrogen-bond donors (Lipinski definition) is 3. The number of anilines is 2. The number of carbonyl (C=O) groups excluding carboxylic acids is 1. The van der Waals surface area contributed by atoms with E-state index in [1.54, 1.807) is 29.6 Å². The maximum Gasteiger partial charge on any atom is 0.407 e. The molecule has 1 fully saturated rings. The van der Waals surface area contributed by atoms with Crippen molar-refractivity contribution in [3.8, 4) is 0 Å². The van der Waals surface area contributed by atoms with Crippen molar-refractivity contribution in [3.63, 3.8) is 0 Å². The SMILES string of the molecule is [2H]C([2H])([2H])C([2H])(NC(=O)O[C@H]1CC[C@@H](c2cc(Nc3ccc4c(c3)CS(=O)(=O)C4)n[nH]2)C1)C([2H])([2H])[2H]. The highest BCUT2D eigenvalue weighted by Gasteiger charge is 2.30. The first-order chi connectivity index (χ1) is 16.6. The molecule has 0 radical (unpaired) electrons. The Labute approximate surface area is 180 Å². The summed E-state index contributed by atoms with van der Waals surface area (Å²) in [6.45, 7) is -6.58. The molecule has 2 aromatic rings. The molecule has 0 spiro atoms.